The van der Waals surface area contributed by atoms with E-state index in [0.717, 1.165) is 12.8 Å². The van der Waals surface area contributed by atoms with Crippen LogP contribution < -0.4 is 4.57 Å². The number of imidazole rings is 1. The molecule has 3 aromatic rings. The van der Waals surface area contributed by atoms with Crippen LogP contribution in [0.2, 0.25) is 0 Å². The van der Waals surface area contributed by atoms with Gasteiger partial charge >= 0.3 is 7.25 Å². The molecule has 0 unspecified atom stereocenters. The molecule has 0 saturated heterocycles. The zero-order valence-electron chi connectivity index (χ0n) is 16.1. The monoisotopic (exact) mass is 392 g/mol. The third-order valence-electron chi connectivity index (χ3n) is 4.54. The van der Waals surface area contributed by atoms with Crippen molar-refractivity contribution in [2.24, 2.45) is 0 Å². The minimum atomic E-state index is -6.00. The smallest absolute Gasteiger partial charge is 0.418 e. The molecule has 0 fully saturated rings. The average Bonchev–Trinajstić information content (AvgIpc) is 3.13. The fourth-order valence-electron chi connectivity index (χ4n) is 3.34. The SMILES string of the molecule is CC[C@H](c1ccccc1)n1cc[n+]([C@H](CC)c2ccccc2)c1.F[B-](F)(F)F. The summed E-state index contributed by atoms with van der Waals surface area (Å²) in [6.07, 6.45) is 8.82. The summed E-state index contributed by atoms with van der Waals surface area (Å²) in [6.45, 7) is 4.49. The third-order valence-corrected chi connectivity index (χ3v) is 4.54. The van der Waals surface area contributed by atoms with Crippen molar-refractivity contribution < 1.29 is 21.8 Å². The third kappa shape index (κ3) is 6.55. The quantitative estimate of drug-likeness (QED) is 0.273. The molecule has 28 heavy (non-hydrogen) atoms. The van der Waals surface area contributed by atoms with Crippen LogP contribution in [0.4, 0.5) is 17.3 Å². The Kier molecular flexibility index (Phi) is 7.85. The number of halogens is 4. The van der Waals surface area contributed by atoms with E-state index in [1.54, 1.807) is 0 Å². The van der Waals surface area contributed by atoms with E-state index < -0.39 is 7.25 Å². The molecule has 0 aliphatic heterocycles. The van der Waals surface area contributed by atoms with Crippen molar-refractivity contribution in [1.82, 2.24) is 4.57 Å². The van der Waals surface area contributed by atoms with Gasteiger partial charge in [0.05, 0.1) is 0 Å². The number of hydrogen-bond donors (Lipinski definition) is 0. The predicted octanol–water partition coefficient (Wildman–Crippen LogP) is 6.07. The molecule has 2 aromatic carbocycles. The molecule has 3 rings (SSSR count). The molecule has 0 amide bonds. The van der Waals surface area contributed by atoms with Gasteiger partial charge in [0, 0.05) is 0 Å². The second-order valence-electron chi connectivity index (χ2n) is 6.47. The van der Waals surface area contributed by atoms with Crippen LogP contribution in [-0.4, -0.2) is 11.8 Å². The van der Waals surface area contributed by atoms with Crippen LogP contribution in [0.5, 0.6) is 0 Å². The van der Waals surface area contributed by atoms with Gasteiger partial charge < -0.3 is 17.3 Å². The summed E-state index contributed by atoms with van der Waals surface area (Å²) in [5.74, 6) is 0. The van der Waals surface area contributed by atoms with Crippen LogP contribution in [0.25, 0.3) is 0 Å². The molecule has 7 heteroatoms. The highest BCUT2D eigenvalue weighted by Crippen LogP contribution is 2.22. The summed E-state index contributed by atoms with van der Waals surface area (Å²) in [6, 6.07) is 22.3. The van der Waals surface area contributed by atoms with Crippen LogP contribution in [-0.2, 0) is 0 Å². The van der Waals surface area contributed by atoms with Crippen LogP contribution in [0.3, 0.4) is 0 Å². The minimum Gasteiger partial charge on any atom is -0.418 e. The normalized spacial score (nSPS) is 13.4. The summed E-state index contributed by atoms with van der Waals surface area (Å²) in [5, 5.41) is 0. The summed E-state index contributed by atoms with van der Waals surface area (Å²) < 4.78 is 43.7. The van der Waals surface area contributed by atoms with E-state index in [0.29, 0.717) is 12.1 Å². The molecule has 0 N–H and O–H groups in total. The Hall–Kier alpha value is -2.57. The minimum absolute atomic E-state index is 0.394. The Morgan fingerprint density at radius 2 is 1.32 bits per heavy atom. The molecular formula is C21H25BF4N2. The summed E-state index contributed by atoms with van der Waals surface area (Å²) >= 11 is 0. The van der Waals surface area contributed by atoms with Gasteiger partial charge in [0.15, 0.2) is 0 Å². The Balaban J connectivity index is 0.000000500. The fourth-order valence-corrected chi connectivity index (χ4v) is 3.34. The summed E-state index contributed by atoms with van der Waals surface area (Å²) in [4.78, 5) is 0. The molecule has 2 atom stereocenters. The molecule has 0 bridgehead atoms. The van der Waals surface area contributed by atoms with Gasteiger partial charge in [-0.05, 0) is 24.0 Å². The largest absolute Gasteiger partial charge is 0.673 e. The van der Waals surface area contributed by atoms with E-state index in [4.69, 9.17) is 0 Å². The zero-order chi connectivity index (χ0) is 20.6. The van der Waals surface area contributed by atoms with Gasteiger partial charge in [0.1, 0.15) is 24.5 Å². The highest BCUT2D eigenvalue weighted by atomic mass is 19.5. The Morgan fingerprint density at radius 1 is 0.821 bits per heavy atom. The Bertz CT molecular complexity index is 751. The molecule has 0 aliphatic carbocycles. The maximum absolute atomic E-state index is 9.75. The molecule has 1 heterocycles. The standard InChI is InChI=1S/C21H25N2.BF4/c1-3-20(18-11-7-5-8-12-18)22-15-16-23(17-22)21(4-2)19-13-9-6-10-14-19;2-1(3,4)5/h5-17,20-21H,3-4H2,1-2H3;/q+1;-1/t20-,21-;/m1./s1. The van der Waals surface area contributed by atoms with Gasteiger partial charge in [-0.2, -0.15) is 0 Å². The van der Waals surface area contributed by atoms with Crippen molar-refractivity contribution in [3.05, 3.63) is 90.5 Å². The van der Waals surface area contributed by atoms with Gasteiger partial charge in [-0.15, -0.1) is 0 Å². The summed E-state index contributed by atoms with van der Waals surface area (Å²) in [7, 11) is -6.00. The van der Waals surface area contributed by atoms with Crippen molar-refractivity contribution in [3.63, 3.8) is 0 Å². The van der Waals surface area contributed by atoms with Crippen molar-refractivity contribution in [2.75, 3.05) is 0 Å². The van der Waals surface area contributed by atoms with E-state index in [1.165, 1.54) is 11.1 Å². The lowest BCUT2D eigenvalue weighted by molar-refractivity contribution is -0.713. The molecule has 0 spiro atoms. The Morgan fingerprint density at radius 3 is 1.79 bits per heavy atom. The van der Waals surface area contributed by atoms with Gasteiger partial charge in [0.25, 0.3) is 0 Å². The molecule has 0 radical (unpaired) electrons. The van der Waals surface area contributed by atoms with Gasteiger partial charge in [0.2, 0.25) is 6.33 Å². The lowest BCUT2D eigenvalue weighted by Gasteiger charge is -2.13. The van der Waals surface area contributed by atoms with E-state index in [1.807, 2.05) is 0 Å². The molecule has 150 valence electrons. The van der Waals surface area contributed by atoms with Crippen LogP contribution in [0, 0.1) is 0 Å². The maximum atomic E-state index is 9.75. The van der Waals surface area contributed by atoms with Crippen LogP contribution in [0.1, 0.15) is 49.9 Å². The predicted molar refractivity (Wildman–Crippen MR) is 105 cm³/mol. The number of nitrogens with zero attached hydrogens (tertiary/aromatic N) is 2. The first kappa shape index (κ1) is 21.7. The molecule has 0 aliphatic rings. The molecule has 2 nitrogen and oxygen atoms in total. The van der Waals surface area contributed by atoms with E-state index in [9.17, 15) is 17.3 Å². The average molecular weight is 392 g/mol. The maximum Gasteiger partial charge on any atom is 0.673 e. The highest BCUT2D eigenvalue weighted by Gasteiger charge is 2.21. The van der Waals surface area contributed by atoms with Gasteiger partial charge in [-0.1, -0.05) is 74.5 Å². The lowest BCUT2D eigenvalue weighted by atomic mass is 10.0. The molecule has 0 saturated carbocycles. The second-order valence-corrected chi connectivity index (χ2v) is 6.47. The van der Waals surface area contributed by atoms with E-state index in [-0.39, 0.29) is 0 Å². The van der Waals surface area contributed by atoms with Crippen molar-refractivity contribution in [1.29, 1.82) is 0 Å². The molecule has 1 aromatic heterocycles. The lowest BCUT2D eigenvalue weighted by Crippen LogP contribution is -2.38. The van der Waals surface area contributed by atoms with Gasteiger partial charge in [-0.25, -0.2) is 9.13 Å². The highest BCUT2D eigenvalue weighted by molar-refractivity contribution is 6.50. The Labute approximate surface area is 163 Å². The number of rotatable bonds is 6. The number of hydrogen-bond acceptors (Lipinski definition) is 0. The number of aromatic nitrogens is 2. The second kappa shape index (κ2) is 10.1. The zero-order valence-corrected chi connectivity index (χ0v) is 16.1. The van der Waals surface area contributed by atoms with Crippen molar-refractivity contribution >= 4 is 7.25 Å². The van der Waals surface area contributed by atoms with E-state index >= 15 is 0 Å². The van der Waals surface area contributed by atoms with E-state index in [2.05, 4.69) is 102 Å². The fraction of sp³-hybridized carbons (Fsp3) is 0.286. The number of benzene rings is 2. The first-order valence-electron chi connectivity index (χ1n) is 9.38. The summed E-state index contributed by atoms with van der Waals surface area (Å²) in [5.41, 5.74) is 2.73. The first-order chi connectivity index (χ1) is 13.3. The van der Waals surface area contributed by atoms with Gasteiger partial charge in [-0.3, -0.25) is 0 Å². The first-order valence-corrected chi connectivity index (χ1v) is 9.38. The molecular weight excluding hydrogens is 367 g/mol. The topological polar surface area (TPSA) is 8.81 Å². The van der Waals surface area contributed by atoms with Crippen LogP contribution in [0.15, 0.2) is 79.4 Å². The van der Waals surface area contributed by atoms with Crippen molar-refractivity contribution in [3.8, 4) is 0 Å². The van der Waals surface area contributed by atoms with Crippen molar-refractivity contribution in [2.45, 2.75) is 38.8 Å². The van der Waals surface area contributed by atoms with Crippen LogP contribution >= 0.6 is 0 Å².